The zero-order valence-electron chi connectivity index (χ0n) is 14.5. The van der Waals surface area contributed by atoms with Crippen LogP contribution in [0.3, 0.4) is 0 Å². The van der Waals surface area contributed by atoms with Crippen molar-refractivity contribution in [3.63, 3.8) is 0 Å². The summed E-state index contributed by atoms with van der Waals surface area (Å²) in [6, 6.07) is -0.259. The van der Waals surface area contributed by atoms with Gasteiger partial charge in [-0.1, -0.05) is 13.8 Å². The summed E-state index contributed by atoms with van der Waals surface area (Å²) < 4.78 is 1.90. The van der Waals surface area contributed by atoms with Crippen molar-refractivity contribution < 1.29 is 4.79 Å². The Bertz CT molecular complexity index is 717. The molecule has 2 N–H and O–H groups in total. The molecule has 0 radical (unpaired) electrons. The predicted octanol–water partition coefficient (Wildman–Crippen LogP) is 2.53. The summed E-state index contributed by atoms with van der Waals surface area (Å²) in [6.07, 6.45) is 7.40. The van der Waals surface area contributed by atoms with Crippen molar-refractivity contribution in [2.24, 2.45) is 7.05 Å². The minimum absolute atomic E-state index is 0.259. The molecule has 0 bridgehead atoms. The van der Waals surface area contributed by atoms with Crippen molar-refractivity contribution in [1.82, 2.24) is 25.1 Å². The number of hydrogen-bond donors (Lipinski definition) is 2. The van der Waals surface area contributed by atoms with Gasteiger partial charge >= 0.3 is 6.03 Å². The van der Waals surface area contributed by atoms with E-state index in [0.717, 1.165) is 48.5 Å². The molecule has 0 aliphatic heterocycles. The number of carbonyl (C=O) groups excluding carboxylic acids is 1. The fraction of sp³-hybridized carbons (Fsp3) is 0.529. The Kier molecular flexibility index (Phi) is 4.78. The summed E-state index contributed by atoms with van der Waals surface area (Å²) in [7, 11) is 1.94. The van der Waals surface area contributed by atoms with E-state index in [1.54, 1.807) is 12.4 Å². The highest BCUT2D eigenvalue weighted by atomic mass is 16.2. The molecule has 2 aromatic heterocycles. The second kappa shape index (κ2) is 6.98. The lowest BCUT2D eigenvalue weighted by molar-refractivity contribution is 0.251. The first kappa shape index (κ1) is 16.4. The minimum atomic E-state index is -0.259. The minimum Gasteiger partial charge on any atom is -0.334 e. The molecule has 1 fully saturated rings. The van der Waals surface area contributed by atoms with E-state index in [2.05, 4.69) is 39.5 Å². The topological polar surface area (TPSA) is 84.7 Å². The molecule has 0 aromatic carbocycles. The number of rotatable bonds is 6. The molecule has 3 rings (SSSR count). The van der Waals surface area contributed by atoms with Crippen LogP contribution in [0, 0.1) is 0 Å². The molecule has 24 heavy (non-hydrogen) atoms. The first-order valence-corrected chi connectivity index (χ1v) is 8.52. The molecule has 2 heterocycles. The molecule has 1 aliphatic rings. The molecule has 2 aromatic rings. The van der Waals surface area contributed by atoms with Gasteiger partial charge in [-0.25, -0.2) is 14.8 Å². The van der Waals surface area contributed by atoms with Gasteiger partial charge in [0.25, 0.3) is 0 Å². The molecular formula is C17H24N6O. The van der Waals surface area contributed by atoms with E-state index in [1.165, 1.54) is 0 Å². The zero-order valence-corrected chi connectivity index (χ0v) is 14.5. The molecular weight excluding hydrogens is 304 g/mol. The quantitative estimate of drug-likeness (QED) is 0.853. The molecule has 1 aliphatic carbocycles. The Morgan fingerprint density at radius 1 is 1.25 bits per heavy atom. The van der Waals surface area contributed by atoms with Gasteiger partial charge in [0.05, 0.1) is 23.8 Å². The number of aryl methyl sites for hydroxylation is 2. The number of amides is 2. The van der Waals surface area contributed by atoms with Crippen LogP contribution in [0.25, 0.3) is 0 Å². The third-order valence-corrected chi connectivity index (χ3v) is 4.33. The molecule has 128 valence electrons. The van der Waals surface area contributed by atoms with E-state index in [1.807, 2.05) is 11.7 Å². The summed E-state index contributed by atoms with van der Waals surface area (Å²) in [5, 5.41) is 10.2. The lowest BCUT2D eigenvalue weighted by atomic mass is 10.1. The highest BCUT2D eigenvalue weighted by Gasteiger charge is 2.26. The maximum Gasteiger partial charge on any atom is 0.319 e. The van der Waals surface area contributed by atoms with Gasteiger partial charge in [0.1, 0.15) is 5.82 Å². The molecule has 0 saturated heterocycles. The van der Waals surface area contributed by atoms with Crippen molar-refractivity contribution in [2.45, 2.75) is 52.0 Å². The van der Waals surface area contributed by atoms with Gasteiger partial charge in [-0.15, -0.1) is 0 Å². The van der Waals surface area contributed by atoms with Gasteiger partial charge in [0.2, 0.25) is 0 Å². The van der Waals surface area contributed by atoms with Crippen molar-refractivity contribution in [1.29, 1.82) is 0 Å². The molecule has 7 heteroatoms. The maximum absolute atomic E-state index is 12.1. The van der Waals surface area contributed by atoms with Gasteiger partial charge in [0, 0.05) is 30.8 Å². The first-order valence-electron chi connectivity index (χ1n) is 8.52. The van der Waals surface area contributed by atoms with Gasteiger partial charge in [-0.2, -0.15) is 5.10 Å². The number of urea groups is 1. The predicted molar refractivity (Wildman–Crippen MR) is 91.8 cm³/mol. The van der Waals surface area contributed by atoms with Gasteiger partial charge in [-0.05, 0) is 25.7 Å². The largest absolute Gasteiger partial charge is 0.334 e. The van der Waals surface area contributed by atoms with Crippen LogP contribution in [0.2, 0.25) is 0 Å². The highest BCUT2D eigenvalue weighted by molar-refractivity contribution is 5.88. The molecule has 0 atom stereocenters. The second-order valence-electron chi connectivity index (χ2n) is 6.11. The van der Waals surface area contributed by atoms with E-state index < -0.39 is 0 Å². The molecule has 7 nitrogen and oxygen atoms in total. The van der Waals surface area contributed by atoms with Crippen molar-refractivity contribution in [3.05, 3.63) is 35.2 Å². The fourth-order valence-corrected chi connectivity index (χ4v) is 2.89. The Hall–Kier alpha value is -2.44. The highest BCUT2D eigenvalue weighted by Crippen LogP contribution is 2.37. The van der Waals surface area contributed by atoms with Crippen LogP contribution in [0.5, 0.6) is 0 Å². The average Bonchev–Trinajstić information content (AvgIpc) is 3.37. The van der Waals surface area contributed by atoms with E-state index in [4.69, 9.17) is 0 Å². The summed E-state index contributed by atoms with van der Waals surface area (Å²) in [4.78, 5) is 20.7. The standard InChI is InChI=1S/C17H24N6O/c1-4-14-13(15(5-2)23(3)22-14)10-20-17(24)21-12-8-18-16(19-9-12)11-6-7-11/h8-9,11H,4-7,10H2,1-3H3,(H2,20,21,24). The van der Waals surface area contributed by atoms with Crippen LogP contribution < -0.4 is 10.6 Å². The van der Waals surface area contributed by atoms with Gasteiger partial charge < -0.3 is 10.6 Å². The summed E-state index contributed by atoms with van der Waals surface area (Å²) in [5.74, 6) is 1.38. The smallest absolute Gasteiger partial charge is 0.319 e. The van der Waals surface area contributed by atoms with Crippen LogP contribution in [0.1, 0.15) is 55.4 Å². The number of anilines is 1. The number of hydrogen-bond acceptors (Lipinski definition) is 4. The summed E-state index contributed by atoms with van der Waals surface area (Å²) >= 11 is 0. The molecule has 0 unspecified atom stereocenters. The monoisotopic (exact) mass is 328 g/mol. The summed E-state index contributed by atoms with van der Waals surface area (Å²) in [6.45, 7) is 4.63. The zero-order chi connectivity index (χ0) is 17.1. The Morgan fingerprint density at radius 3 is 2.54 bits per heavy atom. The first-order chi connectivity index (χ1) is 11.6. The van der Waals surface area contributed by atoms with Crippen molar-refractivity contribution in [2.75, 3.05) is 5.32 Å². The van der Waals surface area contributed by atoms with Crippen LogP contribution >= 0.6 is 0 Å². The number of nitrogens with zero attached hydrogens (tertiary/aromatic N) is 4. The molecule has 0 spiro atoms. The van der Waals surface area contributed by atoms with Crippen LogP contribution in [-0.2, 0) is 26.4 Å². The molecule has 1 saturated carbocycles. The maximum atomic E-state index is 12.1. The van der Waals surface area contributed by atoms with E-state index >= 15 is 0 Å². The third-order valence-electron chi connectivity index (χ3n) is 4.33. The van der Waals surface area contributed by atoms with Crippen LogP contribution in [0.4, 0.5) is 10.5 Å². The SMILES string of the molecule is CCc1nn(C)c(CC)c1CNC(=O)Nc1cnc(C2CC2)nc1. The number of nitrogens with one attached hydrogen (secondary N) is 2. The number of carbonyl (C=O) groups is 1. The Morgan fingerprint density at radius 2 is 1.96 bits per heavy atom. The van der Waals surface area contributed by atoms with Gasteiger partial charge in [0.15, 0.2) is 0 Å². The van der Waals surface area contributed by atoms with E-state index in [-0.39, 0.29) is 6.03 Å². The molecule has 2 amide bonds. The van der Waals surface area contributed by atoms with E-state index in [9.17, 15) is 4.79 Å². The average molecular weight is 328 g/mol. The van der Waals surface area contributed by atoms with Crippen molar-refractivity contribution in [3.8, 4) is 0 Å². The van der Waals surface area contributed by atoms with Crippen LogP contribution in [0.15, 0.2) is 12.4 Å². The van der Waals surface area contributed by atoms with Crippen molar-refractivity contribution >= 4 is 11.7 Å². The third kappa shape index (κ3) is 3.55. The lowest BCUT2D eigenvalue weighted by Gasteiger charge is -2.09. The number of aromatic nitrogens is 4. The normalized spacial score (nSPS) is 13.8. The van der Waals surface area contributed by atoms with Crippen LogP contribution in [-0.4, -0.2) is 25.8 Å². The Labute approximate surface area is 141 Å². The lowest BCUT2D eigenvalue weighted by Crippen LogP contribution is -2.29. The second-order valence-corrected chi connectivity index (χ2v) is 6.11. The fourth-order valence-electron chi connectivity index (χ4n) is 2.89. The summed E-state index contributed by atoms with van der Waals surface area (Å²) in [5.41, 5.74) is 3.91. The van der Waals surface area contributed by atoms with E-state index in [0.29, 0.717) is 18.2 Å². The Balaban J connectivity index is 1.59. The van der Waals surface area contributed by atoms with Gasteiger partial charge in [-0.3, -0.25) is 4.68 Å².